The first-order valence-electron chi connectivity index (χ1n) is 3.84. The van der Waals surface area contributed by atoms with Crippen molar-refractivity contribution in [3.8, 4) is 0 Å². The van der Waals surface area contributed by atoms with E-state index in [1.807, 2.05) is 13.0 Å². The molecule has 12 heavy (non-hydrogen) atoms. The van der Waals surface area contributed by atoms with E-state index in [2.05, 4.69) is 15.9 Å². The van der Waals surface area contributed by atoms with E-state index < -0.39 is 0 Å². The van der Waals surface area contributed by atoms with E-state index in [9.17, 15) is 0 Å². The van der Waals surface area contributed by atoms with E-state index in [-0.39, 0.29) is 0 Å². The van der Waals surface area contributed by atoms with Gasteiger partial charge >= 0.3 is 0 Å². The minimum atomic E-state index is 0.787. The van der Waals surface area contributed by atoms with Gasteiger partial charge in [-0.1, -0.05) is 6.92 Å². The molecule has 0 aromatic carbocycles. The monoisotopic (exact) mass is 160 g/mol. The Balaban J connectivity index is 2.62. The second-order valence-electron chi connectivity index (χ2n) is 2.45. The van der Waals surface area contributed by atoms with Gasteiger partial charge in [0.2, 0.25) is 0 Å². The first-order valence-corrected chi connectivity index (χ1v) is 3.84. The van der Waals surface area contributed by atoms with Crippen LogP contribution in [0.2, 0.25) is 0 Å². The zero-order chi connectivity index (χ0) is 8.39. The van der Waals surface area contributed by atoms with Crippen LogP contribution in [0, 0.1) is 0 Å². The lowest BCUT2D eigenvalue weighted by molar-refractivity contribution is 0.552. The Morgan fingerprint density at radius 3 is 3.33 bits per heavy atom. The summed E-state index contributed by atoms with van der Waals surface area (Å²) in [7, 11) is 0. The molecule has 0 fully saturated rings. The minimum absolute atomic E-state index is 0.787. The van der Waals surface area contributed by atoms with E-state index in [0.717, 1.165) is 23.4 Å². The lowest BCUT2D eigenvalue weighted by Crippen LogP contribution is -1.78. The third-order valence-corrected chi connectivity index (χ3v) is 1.73. The van der Waals surface area contributed by atoms with Crippen LogP contribution in [0.15, 0.2) is 26.7 Å². The molecule has 2 rings (SSSR count). The second-order valence-corrected chi connectivity index (χ2v) is 2.45. The van der Waals surface area contributed by atoms with Gasteiger partial charge in [-0.05, 0) is 12.3 Å². The van der Waals surface area contributed by atoms with Crippen molar-refractivity contribution in [1.82, 2.24) is 0 Å². The molecule has 1 aliphatic rings. The van der Waals surface area contributed by atoms with E-state index in [1.165, 1.54) is 6.34 Å². The number of hydrogen-bond donors (Lipinski definition) is 0. The maximum atomic E-state index is 5.27. The normalized spacial score (nSPS) is 13.9. The quantitative estimate of drug-likeness (QED) is 0.621. The van der Waals surface area contributed by atoms with Crippen LogP contribution in [-0.4, -0.2) is 12.2 Å². The average molecular weight is 160 g/mol. The van der Waals surface area contributed by atoms with Crippen molar-refractivity contribution in [1.29, 1.82) is 0 Å². The predicted octanol–water partition coefficient (Wildman–Crippen LogP) is 2.42. The molecule has 0 saturated heterocycles. The van der Waals surface area contributed by atoms with Gasteiger partial charge in [0.1, 0.15) is 12.0 Å². The summed E-state index contributed by atoms with van der Waals surface area (Å²) in [5.74, 6) is 3.66. The fourth-order valence-electron chi connectivity index (χ4n) is 1.12. The van der Waals surface area contributed by atoms with Crippen LogP contribution >= 0.6 is 0 Å². The van der Waals surface area contributed by atoms with Crippen molar-refractivity contribution in [2.75, 3.05) is 0 Å². The van der Waals surface area contributed by atoms with E-state index in [0.29, 0.717) is 0 Å². The SMILES string of the molecule is CCC1=C=NC=Nc2ccoc21. The second kappa shape index (κ2) is 2.80. The molecule has 0 amide bonds. The van der Waals surface area contributed by atoms with Crippen LogP contribution in [-0.2, 0) is 0 Å². The molecule has 0 aliphatic carbocycles. The summed E-state index contributed by atoms with van der Waals surface area (Å²) in [5.41, 5.74) is 1.80. The fourth-order valence-corrected chi connectivity index (χ4v) is 1.12. The number of aliphatic imine (C=N–C) groups is 2. The number of rotatable bonds is 1. The Hall–Kier alpha value is -1.60. The van der Waals surface area contributed by atoms with Crippen molar-refractivity contribution < 1.29 is 4.42 Å². The maximum absolute atomic E-state index is 5.27. The zero-order valence-electron chi connectivity index (χ0n) is 6.74. The minimum Gasteiger partial charge on any atom is -0.462 e. The van der Waals surface area contributed by atoms with Crippen LogP contribution < -0.4 is 0 Å². The molecular formula is C9H8N2O. The summed E-state index contributed by atoms with van der Waals surface area (Å²) in [6.45, 7) is 2.04. The third-order valence-electron chi connectivity index (χ3n) is 1.73. The molecule has 0 spiro atoms. The standard InChI is InChI=1S/C9H8N2O/c1-2-7-5-10-6-11-8-3-4-12-9(7)8/h3-4,6H,2H2,1H3. The van der Waals surface area contributed by atoms with Crippen LogP contribution in [0.3, 0.4) is 0 Å². The van der Waals surface area contributed by atoms with Gasteiger partial charge in [0, 0.05) is 6.07 Å². The molecule has 60 valence electrons. The molecule has 3 nitrogen and oxygen atoms in total. The number of hydrogen-bond acceptors (Lipinski definition) is 3. The highest BCUT2D eigenvalue weighted by Gasteiger charge is 2.10. The number of fused-ring (bicyclic) bond motifs is 1. The zero-order valence-corrected chi connectivity index (χ0v) is 6.74. The highest BCUT2D eigenvalue weighted by molar-refractivity contribution is 5.96. The summed E-state index contributed by atoms with van der Waals surface area (Å²) in [4.78, 5) is 7.95. The molecule has 3 heteroatoms. The fraction of sp³-hybridized carbons (Fsp3) is 0.222. The maximum Gasteiger partial charge on any atom is 0.164 e. The largest absolute Gasteiger partial charge is 0.462 e. The topological polar surface area (TPSA) is 37.9 Å². The lowest BCUT2D eigenvalue weighted by Gasteiger charge is -1.94. The van der Waals surface area contributed by atoms with Crippen molar-refractivity contribution in [2.45, 2.75) is 13.3 Å². The first kappa shape index (κ1) is 7.07. The highest BCUT2D eigenvalue weighted by Crippen LogP contribution is 2.28. The lowest BCUT2D eigenvalue weighted by atomic mass is 10.1. The first-order chi connectivity index (χ1) is 5.92. The Bertz CT molecular complexity index is 381. The van der Waals surface area contributed by atoms with Crippen molar-refractivity contribution in [2.24, 2.45) is 9.98 Å². The van der Waals surface area contributed by atoms with Gasteiger partial charge in [0.05, 0.1) is 11.8 Å². The van der Waals surface area contributed by atoms with Gasteiger partial charge < -0.3 is 4.42 Å². The van der Waals surface area contributed by atoms with Gasteiger partial charge in [0.25, 0.3) is 0 Å². The summed E-state index contributed by atoms with van der Waals surface area (Å²) in [6, 6.07) is 1.82. The van der Waals surface area contributed by atoms with Crippen LogP contribution in [0.4, 0.5) is 5.69 Å². The molecule has 2 heterocycles. The van der Waals surface area contributed by atoms with Crippen LogP contribution in [0.5, 0.6) is 0 Å². The van der Waals surface area contributed by atoms with E-state index >= 15 is 0 Å². The summed E-state index contributed by atoms with van der Waals surface area (Å²) in [5, 5.41) is 0. The number of furan rings is 1. The smallest absolute Gasteiger partial charge is 0.164 e. The number of nitrogens with zero attached hydrogens (tertiary/aromatic N) is 2. The van der Waals surface area contributed by atoms with E-state index in [4.69, 9.17) is 4.42 Å². The summed E-state index contributed by atoms with van der Waals surface area (Å²) >= 11 is 0. The molecule has 0 atom stereocenters. The number of allylic oxidation sites excluding steroid dienone is 1. The third kappa shape index (κ3) is 1.00. The molecule has 0 unspecified atom stereocenters. The Morgan fingerprint density at radius 2 is 2.50 bits per heavy atom. The van der Waals surface area contributed by atoms with Crippen molar-refractivity contribution in [3.63, 3.8) is 0 Å². The van der Waals surface area contributed by atoms with Crippen molar-refractivity contribution >= 4 is 23.5 Å². The molecule has 0 radical (unpaired) electrons. The molecule has 1 aliphatic heterocycles. The van der Waals surface area contributed by atoms with Gasteiger partial charge in [-0.3, -0.25) is 0 Å². The Labute approximate surface area is 70.1 Å². The van der Waals surface area contributed by atoms with E-state index in [1.54, 1.807) is 6.26 Å². The molecular weight excluding hydrogens is 152 g/mol. The Kier molecular flexibility index (Phi) is 1.65. The highest BCUT2D eigenvalue weighted by atomic mass is 16.3. The molecule has 0 bridgehead atoms. The van der Waals surface area contributed by atoms with Gasteiger partial charge in [-0.15, -0.1) is 0 Å². The van der Waals surface area contributed by atoms with Crippen LogP contribution in [0.25, 0.3) is 5.57 Å². The molecule has 1 aromatic heterocycles. The molecule has 0 N–H and O–H groups in total. The van der Waals surface area contributed by atoms with Crippen molar-refractivity contribution in [3.05, 3.63) is 18.1 Å². The summed E-state index contributed by atoms with van der Waals surface area (Å²) in [6.07, 6.45) is 3.97. The Morgan fingerprint density at radius 1 is 1.58 bits per heavy atom. The average Bonchev–Trinajstić information content (AvgIpc) is 2.46. The molecule has 1 aromatic rings. The molecule has 0 saturated carbocycles. The van der Waals surface area contributed by atoms with Crippen LogP contribution in [0.1, 0.15) is 19.1 Å². The van der Waals surface area contributed by atoms with Gasteiger partial charge in [-0.25, -0.2) is 4.99 Å². The van der Waals surface area contributed by atoms with Gasteiger partial charge in [-0.2, -0.15) is 4.99 Å². The summed E-state index contributed by atoms with van der Waals surface area (Å²) < 4.78 is 5.27. The van der Waals surface area contributed by atoms with Gasteiger partial charge in [0.15, 0.2) is 5.76 Å². The predicted molar refractivity (Wildman–Crippen MR) is 48.0 cm³/mol.